The molecular formula is C16H12BrF3O. The first kappa shape index (κ1) is 15.6. The smallest absolute Gasteiger partial charge is 0.416 e. The lowest BCUT2D eigenvalue weighted by Gasteiger charge is -2.08. The summed E-state index contributed by atoms with van der Waals surface area (Å²) < 4.78 is 43.9. The molecule has 0 radical (unpaired) electrons. The number of halogens is 4. The molecule has 0 fully saturated rings. The summed E-state index contributed by atoms with van der Waals surface area (Å²) in [6.07, 6.45) is -0.758. The molecule has 1 nitrogen and oxygen atoms in total. The molecule has 0 spiro atoms. The van der Waals surface area contributed by atoms with Crippen LogP contribution in [0.2, 0.25) is 0 Å². The Bertz CT molecular complexity index is 635. The third kappa shape index (κ3) is 4.93. The van der Waals surface area contributed by atoms with Gasteiger partial charge in [0.15, 0.2) is 0 Å². The van der Waals surface area contributed by atoms with Gasteiger partial charge in [-0.15, -0.1) is 0 Å². The molecule has 0 bridgehead atoms. The van der Waals surface area contributed by atoms with Gasteiger partial charge in [0, 0.05) is 4.47 Å². The summed E-state index contributed by atoms with van der Waals surface area (Å²) >= 11 is 3.36. The third-order valence-electron chi connectivity index (χ3n) is 2.67. The van der Waals surface area contributed by atoms with E-state index in [4.69, 9.17) is 4.74 Å². The minimum absolute atomic E-state index is 0.198. The van der Waals surface area contributed by atoms with Gasteiger partial charge in [0.2, 0.25) is 0 Å². The van der Waals surface area contributed by atoms with E-state index < -0.39 is 11.7 Å². The normalized spacial score (nSPS) is 11.8. The number of rotatable bonds is 4. The standard InChI is InChI=1S/C16H12BrF3O/c17-14-7-1-4-12(10-14)5-3-9-21-15-8-2-6-13(11-15)16(18,19)20/h1-8,10-11H,9H2. The average Bonchev–Trinajstić information content (AvgIpc) is 2.43. The predicted molar refractivity (Wildman–Crippen MR) is 80.1 cm³/mol. The molecule has 0 unspecified atom stereocenters. The molecule has 0 N–H and O–H groups in total. The van der Waals surface area contributed by atoms with Crippen LogP contribution in [0, 0.1) is 0 Å². The van der Waals surface area contributed by atoms with E-state index in [0.29, 0.717) is 0 Å². The zero-order valence-electron chi connectivity index (χ0n) is 10.9. The van der Waals surface area contributed by atoms with Crippen LogP contribution in [0.3, 0.4) is 0 Å². The largest absolute Gasteiger partial charge is 0.490 e. The maximum Gasteiger partial charge on any atom is 0.416 e. The molecule has 0 aliphatic rings. The van der Waals surface area contributed by atoms with Crippen molar-refractivity contribution in [3.05, 3.63) is 70.2 Å². The lowest BCUT2D eigenvalue weighted by molar-refractivity contribution is -0.137. The average molecular weight is 357 g/mol. The minimum atomic E-state index is -4.36. The third-order valence-corrected chi connectivity index (χ3v) is 3.16. The van der Waals surface area contributed by atoms with Crippen LogP contribution < -0.4 is 4.74 Å². The highest BCUT2D eigenvalue weighted by Gasteiger charge is 2.30. The fourth-order valence-electron chi connectivity index (χ4n) is 1.70. The zero-order valence-corrected chi connectivity index (χ0v) is 12.5. The Balaban J connectivity index is 1.95. The van der Waals surface area contributed by atoms with Gasteiger partial charge < -0.3 is 4.74 Å². The number of hydrogen-bond donors (Lipinski definition) is 0. The maximum atomic E-state index is 12.5. The molecule has 2 rings (SSSR count). The first-order chi connectivity index (χ1) is 9.95. The Morgan fingerprint density at radius 3 is 2.52 bits per heavy atom. The van der Waals surface area contributed by atoms with Crippen molar-refractivity contribution in [1.82, 2.24) is 0 Å². The van der Waals surface area contributed by atoms with Gasteiger partial charge in [-0.25, -0.2) is 0 Å². The van der Waals surface area contributed by atoms with Crippen LogP contribution >= 0.6 is 15.9 Å². The van der Waals surface area contributed by atoms with E-state index in [1.54, 1.807) is 6.08 Å². The van der Waals surface area contributed by atoms with Crippen molar-refractivity contribution < 1.29 is 17.9 Å². The van der Waals surface area contributed by atoms with Gasteiger partial charge in [-0.05, 0) is 42.0 Å². The Kier molecular flexibility index (Phi) is 5.07. The van der Waals surface area contributed by atoms with E-state index in [2.05, 4.69) is 15.9 Å². The fraction of sp³-hybridized carbons (Fsp3) is 0.125. The van der Waals surface area contributed by atoms with Crippen LogP contribution in [0.5, 0.6) is 5.75 Å². The molecule has 2 aromatic rings. The molecule has 0 amide bonds. The molecule has 0 saturated heterocycles. The summed E-state index contributed by atoms with van der Waals surface area (Å²) in [5.41, 5.74) is 0.271. The van der Waals surface area contributed by atoms with Crippen LogP contribution in [-0.2, 0) is 6.18 Å². The summed E-state index contributed by atoms with van der Waals surface area (Å²) in [7, 11) is 0. The highest BCUT2D eigenvalue weighted by atomic mass is 79.9. The van der Waals surface area contributed by atoms with Gasteiger partial charge in [0.05, 0.1) is 5.56 Å². The van der Waals surface area contributed by atoms with Crippen molar-refractivity contribution >= 4 is 22.0 Å². The van der Waals surface area contributed by atoms with E-state index in [0.717, 1.165) is 22.2 Å². The molecule has 0 saturated carbocycles. The maximum absolute atomic E-state index is 12.5. The Morgan fingerprint density at radius 1 is 1.05 bits per heavy atom. The van der Waals surface area contributed by atoms with Crippen molar-refractivity contribution in [2.45, 2.75) is 6.18 Å². The zero-order chi connectivity index (χ0) is 15.3. The van der Waals surface area contributed by atoms with E-state index >= 15 is 0 Å². The Hall–Kier alpha value is -1.75. The van der Waals surface area contributed by atoms with E-state index in [9.17, 15) is 13.2 Å². The fourth-order valence-corrected chi connectivity index (χ4v) is 2.12. The lowest BCUT2D eigenvalue weighted by Crippen LogP contribution is -2.05. The van der Waals surface area contributed by atoms with Crippen molar-refractivity contribution in [3.63, 3.8) is 0 Å². The minimum Gasteiger partial charge on any atom is -0.490 e. The van der Waals surface area contributed by atoms with Crippen LogP contribution in [0.1, 0.15) is 11.1 Å². The van der Waals surface area contributed by atoms with Crippen LogP contribution in [0.4, 0.5) is 13.2 Å². The first-order valence-electron chi connectivity index (χ1n) is 6.17. The van der Waals surface area contributed by atoms with Gasteiger partial charge in [-0.1, -0.05) is 40.2 Å². The highest BCUT2D eigenvalue weighted by Crippen LogP contribution is 2.31. The Morgan fingerprint density at radius 2 is 1.81 bits per heavy atom. The van der Waals surface area contributed by atoms with Gasteiger partial charge in [-0.2, -0.15) is 13.2 Å². The summed E-state index contributed by atoms with van der Waals surface area (Å²) in [5.74, 6) is 0.198. The molecule has 21 heavy (non-hydrogen) atoms. The molecular weight excluding hydrogens is 345 g/mol. The van der Waals surface area contributed by atoms with Crippen molar-refractivity contribution in [2.24, 2.45) is 0 Å². The second kappa shape index (κ2) is 6.80. The molecule has 0 atom stereocenters. The second-order valence-electron chi connectivity index (χ2n) is 4.29. The van der Waals surface area contributed by atoms with Crippen molar-refractivity contribution in [3.8, 4) is 5.75 Å². The lowest BCUT2D eigenvalue weighted by atomic mass is 10.2. The van der Waals surface area contributed by atoms with E-state index in [1.807, 2.05) is 30.3 Å². The van der Waals surface area contributed by atoms with Gasteiger partial charge in [0.1, 0.15) is 12.4 Å². The molecule has 0 aliphatic carbocycles. The summed E-state index contributed by atoms with van der Waals surface area (Å²) in [6.45, 7) is 0.202. The van der Waals surface area contributed by atoms with E-state index in [-0.39, 0.29) is 12.4 Å². The number of ether oxygens (including phenoxy) is 1. The second-order valence-corrected chi connectivity index (χ2v) is 5.21. The van der Waals surface area contributed by atoms with Crippen molar-refractivity contribution in [1.29, 1.82) is 0 Å². The molecule has 0 aromatic heterocycles. The summed E-state index contributed by atoms with van der Waals surface area (Å²) in [4.78, 5) is 0. The number of benzene rings is 2. The molecule has 0 aliphatic heterocycles. The van der Waals surface area contributed by atoms with Crippen LogP contribution in [0.15, 0.2) is 59.1 Å². The number of alkyl halides is 3. The predicted octanol–water partition coefficient (Wildman–Crippen LogP) is 5.56. The molecule has 5 heteroatoms. The summed E-state index contributed by atoms with van der Waals surface area (Å²) in [5, 5.41) is 0. The molecule has 2 aromatic carbocycles. The van der Waals surface area contributed by atoms with Crippen LogP contribution in [-0.4, -0.2) is 6.61 Å². The number of hydrogen-bond acceptors (Lipinski definition) is 1. The van der Waals surface area contributed by atoms with Crippen LogP contribution in [0.25, 0.3) is 6.08 Å². The first-order valence-corrected chi connectivity index (χ1v) is 6.96. The Labute approximate surface area is 129 Å². The molecule has 0 heterocycles. The monoisotopic (exact) mass is 356 g/mol. The molecule has 110 valence electrons. The van der Waals surface area contributed by atoms with E-state index in [1.165, 1.54) is 12.1 Å². The quantitative estimate of drug-likeness (QED) is 0.696. The van der Waals surface area contributed by atoms with Gasteiger partial charge >= 0.3 is 6.18 Å². The topological polar surface area (TPSA) is 9.23 Å². The van der Waals surface area contributed by atoms with Gasteiger partial charge in [-0.3, -0.25) is 0 Å². The van der Waals surface area contributed by atoms with Gasteiger partial charge in [0.25, 0.3) is 0 Å². The highest BCUT2D eigenvalue weighted by molar-refractivity contribution is 9.10. The summed E-state index contributed by atoms with van der Waals surface area (Å²) in [6, 6.07) is 12.5. The van der Waals surface area contributed by atoms with Crippen molar-refractivity contribution in [2.75, 3.05) is 6.61 Å². The SMILES string of the molecule is FC(F)(F)c1cccc(OCC=Cc2cccc(Br)c2)c1.